The molecule has 2 rings (SSSR count). The Morgan fingerprint density at radius 2 is 2.36 bits per heavy atom. The average molecular weight is 191 g/mol. The highest BCUT2D eigenvalue weighted by atomic mass is 16.3. The molecule has 0 spiro atoms. The van der Waals surface area contributed by atoms with Gasteiger partial charge in [0.05, 0.1) is 6.10 Å². The summed E-state index contributed by atoms with van der Waals surface area (Å²) in [6, 6.07) is 2.10. The number of rotatable bonds is 1. The van der Waals surface area contributed by atoms with Gasteiger partial charge in [-0.3, -0.25) is 4.98 Å². The molecule has 14 heavy (non-hydrogen) atoms. The SMILES string of the molecule is CCc1cc(C)nc2c1C(O)CCC2. The highest BCUT2D eigenvalue weighted by Crippen LogP contribution is 2.31. The van der Waals surface area contributed by atoms with E-state index in [9.17, 15) is 5.11 Å². The lowest BCUT2D eigenvalue weighted by Crippen LogP contribution is -2.14. The zero-order valence-electron chi connectivity index (χ0n) is 8.88. The van der Waals surface area contributed by atoms with Gasteiger partial charge in [-0.05, 0) is 44.2 Å². The zero-order valence-corrected chi connectivity index (χ0v) is 8.88. The van der Waals surface area contributed by atoms with E-state index in [0.717, 1.165) is 42.6 Å². The molecule has 0 fully saturated rings. The Hall–Kier alpha value is -0.890. The van der Waals surface area contributed by atoms with Crippen LogP contribution in [0.25, 0.3) is 0 Å². The summed E-state index contributed by atoms with van der Waals surface area (Å²) < 4.78 is 0. The number of pyridine rings is 1. The molecule has 0 bridgehead atoms. The van der Waals surface area contributed by atoms with Crippen LogP contribution >= 0.6 is 0 Å². The number of nitrogens with zero attached hydrogens (tertiary/aromatic N) is 1. The lowest BCUT2D eigenvalue weighted by Gasteiger charge is -2.23. The molecule has 0 aliphatic heterocycles. The molecule has 1 heterocycles. The van der Waals surface area contributed by atoms with Crippen molar-refractivity contribution in [1.82, 2.24) is 4.98 Å². The van der Waals surface area contributed by atoms with Crippen molar-refractivity contribution in [3.63, 3.8) is 0 Å². The van der Waals surface area contributed by atoms with E-state index in [1.165, 1.54) is 5.56 Å². The van der Waals surface area contributed by atoms with Crippen molar-refractivity contribution in [1.29, 1.82) is 0 Å². The molecule has 0 radical (unpaired) electrons. The fraction of sp³-hybridized carbons (Fsp3) is 0.583. The van der Waals surface area contributed by atoms with Crippen LogP contribution < -0.4 is 0 Å². The first kappa shape index (κ1) is 9.66. The molecule has 0 saturated heterocycles. The minimum Gasteiger partial charge on any atom is -0.388 e. The van der Waals surface area contributed by atoms with Gasteiger partial charge in [-0.1, -0.05) is 6.92 Å². The van der Waals surface area contributed by atoms with Crippen molar-refractivity contribution < 1.29 is 5.11 Å². The van der Waals surface area contributed by atoms with E-state index in [0.29, 0.717) is 0 Å². The number of aliphatic hydroxyl groups is 1. The monoisotopic (exact) mass is 191 g/mol. The predicted molar refractivity (Wildman–Crippen MR) is 56.2 cm³/mol. The number of hydrogen-bond donors (Lipinski definition) is 1. The molecular weight excluding hydrogens is 174 g/mol. The highest BCUT2D eigenvalue weighted by molar-refractivity contribution is 5.36. The molecule has 1 aromatic rings. The molecule has 1 aliphatic rings. The first-order valence-electron chi connectivity index (χ1n) is 5.39. The van der Waals surface area contributed by atoms with Gasteiger partial charge in [-0.2, -0.15) is 0 Å². The molecule has 76 valence electrons. The third kappa shape index (κ3) is 1.55. The molecule has 1 aliphatic carbocycles. The number of aryl methyl sites for hydroxylation is 3. The van der Waals surface area contributed by atoms with Gasteiger partial charge in [-0.15, -0.1) is 0 Å². The first-order chi connectivity index (χ1) is 6.72. The average Bonchev–Trinajstić information content (AvgIpc) is 2.16. The Labute approximate surface area is 85.0 Å². The number of fused-ring (bicyclic) bond motifs is 1. The van der Waals surface area contributed by atoms with Crippen molar-refractivity contribution in [2.45, 2.75) is 45.6 Å². The van der Waals surface area contributed by atoms with E-state index in [1.807, 2.05) is 6.92 Å². The van der Waals surface area contributed by atoms with Gasteiger partial charge in [0.2, 0.25) is 0 Å². The van der Waals surface area contributed by atoms with E-state index in [4.69, 9.17) is 0 Å². The van der Waals surface area contributed by atoms with Gasteiger partial charge >= 0.3 is 0 Å². The molecule has 1 N–H and O–H groups in total. The normalized spacial score (nSPS) is 20.6. The van der Waals surface area contributed by atoms with Gasteiger partial charge in [0.25, 0.3) is 0 Å². The standard InChI is InChI=1S/C12H17NO/c1-3-9-7-8(2)13-10-5-4-6-11(14)12(9)10/h7,11,14H,3-6H2,1-2H3. The lowest BCUT2D eigenvalue weighted by atomic mass is 9.88. The second-order valence-electron chi connectivity index (χ2n) is 4.04. The van der Waals surface area contributed by atoms with Gasteiger partial charge in [0, 0.05) is 17.0 Å². The third-order valence-corrected chi connectivity index (χ3v) is 2.96. The molecule has 1 atom stereocenters. The van der Waals surface area contributed by atoms with Crippen LogP contribution in [0.4, 0.5) is 0 Å². The van der Waals surface area contributed by atoms with Crippen LogP contribution in [0.1, 0.15) is 48.4 Å². The Morgan fingerprint density at radius 1 is 1.57 bits per heavy atom. The van der Waals surface area contributed by atoms with Gasteiger partial charge in [0.1, 0.15) is 0 Å². The Kier molecular flexibility index (Phi) is 2.55. The molecule has 1 unspecified atom stereocenters. The summed E-state index contributed by atoms with van der Waals surface area (Å²) in [7, 11) is 0. The van der Waals surface area contributed by atoms with Crippen LogP contribution in [0.15, 0.2) is 6.07 Å². The summed E-state index contributed by atoms with van der Waals surface area (Å²) >= 11 is 0. The summed E-state index contributed by atoms with van der Waals surface area (Å²) in [5.74, 6) is 0. The fourth-order valence-corrected chi connectivity index (χ4v) is 2.32. The summed E-state index contributed by atoms with van der Waals surface area (Å²) in [5, 5.41) is 9.92. The van der Waals surface area contributed by atoms with E-state index in [-0.39, 0.29) is 6.10 Å². The van der Waals surface area contributed by atoms with Gasteiger partial charge in [-0.25, -0.2) is 0 Å². The number of aliphatic hydroxyl groups excluding tert-OH is 1. The number of hydrogen-bond acceptors (Lipinski definition) is 2. The van der Waals surface area contributed by atoms with E-state index in [2.05, 4.69) is 18.0 Å². The smallest absolute Gasteiger partial charge is 0.0810 e. The lowest BCUT2D eigenvalue weighted by molar-refractivity contribution is 0.154. The van der Waals surface area contributed by atoms with E-state index < -0.39 is 0 Å². The predicted octanol–water partition coefficient (Wildman–Crippen LogP) is 2.32. The van der Waals surface area contributed by atoms with Crippen LogP contribution in [0.5, 0.6) is 0 Å². The topological polar surface area (TPSA) is 33.1 Å². The van der Waals surface area contributed by atoms with Crippen LogP contribution in [0.2, 0.25) is 0 Å². The quantitative estimate of drug-likeness (QED) is 0.739. The third-order valence-electron chi connectivity index (χ3n) is 2.96. The summed E-state index contributed by atoms with van der Waals surface area (Å²) in [6.45, 7) is 4.16. The van der Waals surface area contributed by atoms with Gasteiger partial charge in [0.15, 0.2) is 0 Å². The summed E-state index contributed by atoms with van der Waals surface area (Å²) in [6.07, 6.45) is 3.70. The van der Waals surface area contributed by atoms with Crippen LogP contribution in [-0.4, -0.2) is 10.1 Å². The highest BCUT2D eigenvalue weighted by Gasteiger charge is 2.21. The largest absolute Gasteiger partial charge is 0.388 e. The Bertz CT molecular complexity index is 329. The first-order valence-corrected chi connectivity index (χ1v) is 5.39. The van der Waals surface area contributed by atoms with Gasteiger partial charge < -0.3 is 5.11 Å². The van der Waals surface area contributed by atoms with Crippen LogP contribution in [-0.2, 0) is 12.8 Å². The minimum absolute atomic E-state index is 0.276. The second kappa shape index (κ2) is 3.70. The van der Waals surface area contributed by atoms with E-state index >= 15 is 0 Å². The second-order valence-corrected chi connectivity index (χ2v) is 4.04. The zero-order chi connectivity index (χ0) is 10.1. The number of aromatic nitrogens is 1. The molecule has 1 aromatic heterocycles. The molecule has 2 nitrogen and oxygen atoms in total. The van der Waals surface area contributed by atoms with Crippen LogP contribution in [0, 0.1) is 6.92 Å². The maximum Gasteiger partial charge on any atom is 0.0810 e. The maximum absolute atomic E-state index is 9.92. The summed E-state index contributed by atoms with van der Waals surface area (Å²) in [5.41, 5.74) is 4.60. The summed E-state index contributed by atoms with van der Waals surface area (Å²) in [4.78, 5) is 4.51. The minimum atomic E-state index is -0.276. The fourth-order valence-electron chi connectivity index (χ4n) is 2.32. The molecule has 0 amide bonds. The van der Waals surface area contributed by atoms with Crippen molar-refractivity contribution in [3.8, 4) is 0 Å². The van der Waals surface area contributed by atoms with E-state index in [1.54, 1.807) is 0 Å². The Morgan fingerprint density at radius 3 is 3.07 bits per heavy atom. The van der Waals surface area contributed by atoms with Crippen LogP contribution in [0.3, 0.4) is 0 Å². The molecule has 0 aromatic carbocycles. The van der Waals surface area contributed by atoms with Crippen molar-refractivity contribution in [3.05, 3.63) is 28.6 Å². The van der Waals surface area contributed by atoms with Crippen molar-refractivity contribution in [2.75, 3.05) is 0 Å². The Balaban J connectivity index is 2.55. The van der Waals surface area contributed by atoms with Crippen molar-refractivity contribution >= 4 is 0 Å². The molecule has 2 heteroatoms. The maximum atomic E-state index is 9.92. The van der Waals surface area contributed by atoms with Crippen molar-refractivity contribution in [2.24, 2.45) is 0 Å². The molecule has 0 saturated carbocycles. The molecular formula is C12H17NO.